The maximum Gasteiger partial charge on any atom is 0.412 e. The summed E-state index contributed by atoms with van der Waals surface area (Å²) in [7, 11) is 0. The maximum absolute atomic E-state index is 13.4. The lowest BCUT2D eigenvalue weighted by Crippen LogP contribution is -2.32. The second-order valence-corrected chi connectivity index (χ2v) is 10.9. The predicted octanol–water partition coefficient (Wildman–Crippen LogP) is 4.77. The monoisotopic (exact) mass is 648 g/mol. The fourth-order valence-corrected chi connectivity index (χ4v) is 4.53. The van der Waals surface area contributed by atoms with Crippen molar-refractivity contribution in [3.05, 3.63) is 88.0 Å². The number of carbonyl (C=O) groups is 4. The summed E-state index contributed by atoms with van der Waals surface area (Å²) in [5, 5.41) is 35.7. The molecule has 3 aromatic carbocycles. The summed E-state index contributed by atoms with van der Waals surface area (Å²) in [6, 6.07) is 15.2. The predicted molar refractivity (Wildman–Crippen MR) is 175 cm³/mol. The van der Waals surface area contributed by atoms with Crippen molar-refractivity contribution in [1.82, 2.24) is 5.32 Å². The Morgan fingerprint density at radius 3 is 2.30 bits per heavy atom. The molecule has 250 valence electrons. The standard InChI is InChI=1S/C34H40N4O9/c1-20(2)47-30-17-23(19-39)16-25(27(30)10-12-31(41)42)18-36-29-11-5-21(3)15-28(29)33(43)37-26-8-6-24(7-9-26)32(35)38-34(44)46-14-13-45-22(4)40/h5-9,11,15-17,20,36,39H,10,12-14,18-19H2,1-4H3,(H,37,43)(H,41,42)(H2,35,38,44). The number of amidine groups is 1. The number of alkyl carbamates (subject to hydrolysis) is 1. The Morgan fingerprint density at radius 1 is 0.957 bits per heavy atom. The van der Waals surface area contributed by atoms with E-state index in [1.54, 1.807) is 48.5 Å². The average Bonchev–Trinajstić information content (AvgIpc) is 3.01. The molecule has 2 amide bonds. The summed E-state index contributed by atoms with van der Waals surface area (Å²) >= 11 is 0. The van der Waals surface area contributed by atoms with Crippen LogP contribution in [0.2, 0.25) is 0 Å². The van der Waals surface area contributed by atoms with Gasteiger partial charge in [-0.1, -0.05) is 17.7 Å². The molecule has 0 bridgehead atoms. The lowest BCUT2D eigenvalue weighted by molar-refractivity contribution is -0.142. The molecule has 0 saturated carbocycles. The first-order chi connectivity index (χ1) is 22.4. The van der Waals surface area contributed by atoms with Gasteiger partial charge in [-0.25, -0.2) is 4.79 Å². The van der Waals surface area contributed by atoms with Gasteiger partial charge >= 0.3 is 18.0 Å². The fourth-order valence-electron chi connectivity index (χ4n) is 4.53. The number of benzene rings is 3. The van der Waals surface area contributed by atoms with E-state index in [1.165, 1.54) is 6.92 Å². The average molecular weight is 649 g/mol. The number of amides is 2. The van der Waals surface area contributed by atoms with E-state index < -0.39 is 23.9 Å². The molecule has 0 atom stereocenters. The molecule has 0 aromatic heterocycles. The summed E-state index contributed by atoms with van der Waals surface area (Å²) in [6.07, 6.45) is -0.923. The van der Waals surface area contributed by atoms with Crippen molar-refractivity contribution in [1.29, 1.82) is 5.41 Å². The number of aliphatic hydroxyl groups is 1. The van der Waals surface area contributed by atoms with Gasteiger partial charge in [0.1, 0.15) is 24.8 Å². The molecule has 13 nitrogen and oxygen atoms in total. The van der Waals surface area contributed by atoms with Crippen molar-refractivity contribution >= 4 is 41.1 Å². The van der Waals surface area contributed by atoms with E-state index in [4.69, 9.17) is 14.9 Å². The molecule has 0 aliphatic carbocycles. The Hall–Kier alpha value is -5.43. The quantitative estimate of drug-likeness (QED) is 0.0578. The molecule has 0 fully saturated rings. The second-order valence-electron chi connectivity index (χ2n) is 10.9. The van der Waals surface area contributed by atoms with Gasteiger partial charge in [0.25, 0.3) is 5.91 Å². The molecule has 0 unspecified atom stereocenters. The Balaban J connectivity index is 1.73. The normalized spacial score (nSPS) is 10.6. The Bertz CT molecular complexity index is 1600. The molecule has 0 heterocycles. The number of ether oxygens (including phenoxy) is 3. The van der Waals surface area contributed by atoms with Crippen LogP contribution in [-0.2, 0) is 38.6 Å². The Kier molecular flexibility index (Phi) is 13.3. The van der Waals surface area contributed by atoms with Crippen LogP contribution in [0.15, 0.2) is 54.6 Å². The Morgan fingerprint density at radius 2 is 1.66 bits per heavy atom. The van der Waals surface area contributed by atoms with E-state index in [-0.39, 0.29) is 51.1 Å². The number of aliphatic carboxylic acids is 1. The minimum Gasteiger partial charge on any atom is -0.491 e. The van der Waals surface area contributed by atoms with Crippen LogP contribution in [0.3, 0.4) is 0 Å². The van der Waals surface area contributed by atoms with Crippen LogP contribution in [-0.4, -0.2) is 59.3 Å². The molecule has 3 aromatic rings. The zero-order valence-corrected chi connectivity index (χ0v) is 26.8. The largest absolute Gasteiger partial charge is 0.491 e. The number of nitrogens with one attached hydrogen (secondary N) is 4. The minimum absolute atomic E-state index is 0.0957. The summed E-state index contributed by atoms with van der Waals surface area (Å²) in [5.41, 5.74) is 4.62. The summed E-state index contributed by atoms with van der Waals surface area (Å²) in [5.74, 6) is -1.55. The number of carbonyl (C=O) groups excluding carboxylic acids is 3. The number of aliphatic hydroxyl groups excluding tert-OH is 1. The first kappa shape index (κ1) is 36.0. The molecule has 13 heteroatoms. The summed E-state index contributed by atoms with van der Waals surface area (Å²) in [4.78, 5) is 47.5. The van der Waals surface area contributed by atoms with Crippen molar-refractivity contribution in [3.8, 4) is 5.75 Å². The van der Waals surface area contributed by atoms with E-state index in [2.05, 4.69) is 20.7 Å². The first-order valence-corrected chi connectivity index (χ1v) is 14.9. The number of carboxylic acids is 1. The fraction of sp³-hybridized carbons (Fsp3) is 0.324. The van der Waals surface area contributed by atoms with Gasteiger partial charge in [-0.3, -0.25) is 25.1 Å². The number of carboxylic acid groups (broad SMARTS) is 1. The highest BCUT2D eigenvalue weighted by molar-refractivity contribution is 6.09. The van der Waals surface area contributed by atoms with Crippen LogP contribution in [0, 0.1) is 12.3 Å². The number of aryl methyl sites for hydroxylation is 1. The van der Waals surface area contributed by atoms with Crippen molar-refractivity contribution in [2.45, 2.75) is 59.8 Å². The number of esters is 1. The molecule has 0 saturated heterocycles. The van der Waals surface area contributed by atoms with Gasteiger partial charge in [0.2, 0.25) is 0 Å². The molecule has 6 N–H and O–H groups in total. The molecular formula is C34H40N4O9. The second kappa shape index (κ2) is 17.3. The van der Waals surface area contributed by atoms with Crippen molar-refractivity contribution in [2.24, 2.45) is 0 Å². The SMILES string of the molecule is CC(=O)OCCOC(=O)NC(=N)c1ccc(NC(=O)c2cc(C)ccc2NCc2cc(CO)cc(OC(C)C)c2CCC(=O)O)cc1. The third-order valence-electron chi connectivity index (χ3n) is 6.66. The highest BCUT2D eigenvalue weighted by Crippen LogP contribution is 2.29. The highest BCUT2D eigenvalue weighted by atomic mass is 16.6. The van der Waals surface area contributed by atoms with Gasteiger partial charge in [0.05, 0.1) is 18.3 Å². The zero-order valence-electron chi connectivity index (χ0n) is 26.8. The molecule has 3 rings (SSSR count). The molecule has 0 aliphatic heterocycles. The number of anilines is 2. The van der Waals surface area contributed by atoms with Gasteiger partial charge < -0.3 is 35.1 Å². The number of rotatable bonds is 15. The van der Waals surface area contributed by atoms with Crippen LogP contribution in [0.25, 0.3) is 0 Å². The third-order valence-corrected chi connectivity index (χ3v) is 6.66. The van der Waals surface area contributed by atoms with Gasteiger partial charge in [0, 0.05) is 36.8 Å². The number of hydrogen-bond acceptors (Lipinski definition) is 10. The minimum atomic E-state index is -0.945. The maximum atomic E-state index is 13.4. The van der Waals surface area contributed by atoms with E-state index in [0.717, 1.165) is 11.1 Å². The van der Waals surface area contributed by atoms with Crippen LogP contribution < -0.4 is 20.7 Å². The van der Waals surface area contributed by atoms with Crippen LogP contribution >= 0.6 is 0 Å². The van der Waals surface area contributed by atoms with Crippen molar-refractivity contribution in [3.63, 3.8) is 0 Å². The molecule has 0 aliphatic rings. The van der Waals surface area contributed by atoms with Gasteiger partial charge in [-0.05, 0) is 86.3 Å². The van der Waals surface area contributed by atoms with Gasteiger partial charge in [-0.15, -0.1) is 0 Å². The summed E-state index contributed by atoms with van der Waals surface area (Å²) in [6.45, 7) is 6.58. The van der Waals surface area contributed by atoms with Crippen LogP contribution in [0.4, 0.5) is 16.2 Å². The smallest absolute Gasteiger partial charge is 0.412 e. The van der Waals surface area contributed by atoms with E-state index in [1.807, 2.05) is 26.8 Å². The molecule has 0 radical (unpaired) electrons. The zero-order chi connectivity index (χ0) is 34.5. The lowest BCUT2D eigenvalue weighted by atomic mass is 9.98. The molecular weight excluding hydrogens is 608 g/mol. The Labute approximate surface area is 272 Å². The lowest BCUT2D eigenvalue weighted by Gasteiger charge is -2.20. The van der Waals surface area contributed by atoms with E-state index in [9.17, 15) is 29.4 Å². The van der Waals surface area contributed by atoms with E-state index in [0.29, 0.717) is 39.4 Å². The van der Waals surface area contributed by atoms with Crippen molar-refractivity contribution in [2.75, 3.05) is 23.8 Å². The van der Waals surface area contributed by atoms with Gasteiger partial charge in [0.15, 0.2) is 0 Å². The van der Waals surface area contributed by atoms with Gasteiger partial charge in [-0.2, -0.15) is 0 Å². The van der Waals surface area contributed by atoms with Crippen LogP contribution in [0.1, 0.15) is 65.4 Å². The number of hydrogen-bond donors (Lipinski definition) is 6. The third kappa shape index (κ3) is 11.5. The van der Waals surface area contributed by atoms with Crippen molar-refractivity contribution < 1.29 is 43.6 Å². The highest BCUT2D eigenvalue weighted by Gasteiger charge is 2.18. The first-order valence-electron chi connectivity index (χ1n) is 14.9. The topological polar surface area (TPSA) is 196 Å². The van der Waals surface area contributed by atoms with E-state index >= 15 is 0 Å². The molecule has 47 heavy (non-hydrogen) atoms. The van der Waals surface area contributed by atoms with Crippen LogP contribution in [0.5, 0.6) is 5.75 Å². The molecule has 0 spiro atoms. The summed E-state index contributed by atoms with van der Waals surface area (Å²) < 4.78 is 15.5.